The van der Waals surface area contributed by atoms with Crippen LogP contribution in [0, 0.1) is 11.8 Å². The zero-order valence-electron chi connectivity index (χ0n) is 10.6. The Morgan fingerprint density at radius 2 is 1.78 bits per heavy atom. The van der Waals surface area contributed by atoms with E-state index in [0.29, 0.717) is 25.4 Å². The fourth-order valence-corrected chi connectivity index (χ4v) is 2.36. The Hall–Kier alpha value is -1.10. The quantitative estimate of drug-likeness (QED) is 0.747. The molecule has 0 bridgehead atoms. The SMILES string of the molecule is O=C(COCC1CC1)NC1CCC(C(=O)O)CC1. The number of hydrogen-bond acceptors (Lipinski definition) is 3. The number of carboxylic acid groups (broad SMARTS) is 1. The molecule has 2 aliphatic carbocycles. The molecule has 0 aromatic carbocycles. The highest BCUT2D eigenvalue weighted by Crippen LogP contribution is 2.28. The first-order valence-electron chi connectivity index (χ1n) is 6.75. The molecule has 5 nitrogen and oxygen atoms in total. The Kier molecular flexibility index (Phi) is 4.58. The third-order valence-electron chi connectivity index (χ3n) is 3.73. The molecule has 0 spiro atoms. The molecule has 0 atom stereocenters. The number of rotatable bonds is 6. The van der Waals surface area contributed by atoms with Gasteiger partial charge < -0.3 is 15.2 Å². The van der Waals surface area contributed by atoms with Gasteiger partial charge in [-0.15, -0.1) is 0 Å². The molecule has 2 saturated carbocycles. The van der Waals surface area contributed by atoms with E-state index < -0.39 is 5.97 Å². The second-order valence-electron chi connectivity index (χ2n) is 5.41. The van der Waals surface area contributed by atoms with Gasteiger partial charge in [-0.25, -0.2) is 0 Å². The van der Waals surface area contributed by atoms with Crippen molar-refractivity contribution in [3.8, 4) is 0 Å². The molecule has 102 valence electrons. The van der Waals surface area contributed by atoms with Gasteiger partial charge in [-0.1, -0.05) is 0 Å². The van der Waals surface area contributed by atoms with Crippen LogP contribution in [0.1, 0.15) is 38.5 Å². The summed E-state index contributed by atoms with van der Waals surface area (Å²) in [4.78, 5) is 22.4. The predicted octanol–water partition coefficient (Wildman–Crippen LogP) is 1.17. The fourth-order valence-electron chi connectivity index (χ4n) is 2.36. The van der Waals surface area contributed by atoms with E-state index in [4.69, 9.17) is 9.84 Å². The molecule has 0 aromatic rings. The van der Waals surface area contributed by atoms with Crippen LogP contribution >= 0.6 is 0 Å². The van der Waals surface area contributed by atoms with Crippen molar-refractivity contribution in [2.24, 2.45) is 11.8 Å². The lowest BCUT2D eigenvalue weighted by molar-refractivity contribution is -0.142. The van der Waals surface area contributed by atoms with Crippen LogP contribution in [-0.2, 0) is 14.3 Å². The third-order valence-corrected chi connectivity index (χ3v) is 3.73. The molecule has 2 aliphatic rings. The van der Waals surface area contributed by atoms with Gasteiger partial charge in [0.1, 0.15) is 6.61 Å². The minimum Gasteiger partial charge on any atom is -0.481 e. The van der Waals surface area contributed by atoms with Crippen molar-refractivity contribution in [3.63, 3.8) is 0 Å². The first-order valence-corrected chi connectivity index (χ1v) is 6.75. The summed E-state index contributed by atoms with van der Waals surface area (Å²) in [6.45, 7) is 0.828. The summed E-state index contributed by atoms with van der Waals surface area (Å²) < 4.78 is 5.31. The van der Waals surface area contributed by atoms with Crippen LogP contribution in [0.4, 0.5) is 0 Å². The average molecular weight is 255 g/mol. The molecule has 2 rings (SSSR count). The fraction of sp³-hybridized carbons (Fsp3) is 0.846. The highest BCUT2D eigenvalue weighted by atomic mass is 16.5. The van der Waals surface area contributed by atoms with E-state index in [2.05, 4.69) is 5.32 Å². The lowest BCUT2D eigenvalue weighted by atomic mass is 9.86. The average Bonchev–Trinajstić information content (AvgIpc) is 3.13. The maximum Gasteiger partial charge on any atom is 0.306 e. The zero-order chi connectivity index (χ0) is 13.0. The van der Waals surface area contributed by atoms with Crippen LogP contribution < -0.4 is 5.32 Å². The number of ether oxygens (including phenoxy) is 1. The second-order valence-corrected chi connectivity index (χ2v) is 5.41. The largest absolute Gasteiger partial charge is 0.481 e. The van der Waals surface area contributed by atoms with Gasteiger partial charge in [-0.05, 0) is 44.4 Å². The summed E-state index contributed by atoms with van der Waals surface area (Å²) >= 11 is 0. The lowest BCUT2D eigenvalue weighted by Crippen LogP contribution is -2.40. The number of carboxylic acids is 1. The molecular weight excluding hydrogens is 234 g/mol. The molecule has 0 unspecified atom stereocenters. The summed E-state index contributed by atoms with van der Waals surface area (Å²) in [6.07, 6.45) is 5.27. The molecule has 18 heavy (non-hydrogen) atoms. The van der Waals surface area contributed by atoms with Crippen molar-refractivity contribution in [2.75, 3.05) is 13.2 Å². The van der Waals surface area contributed by atoms with Crippen molar-refractivity contribution in [2.45, 2.75) is 44.6 Å². The normalized spacial score (nSPS) is 27.8. The highest BCUT2D eigenvalue weighted by molar-refractivity contribution is 5.77. The molecule has 0 saturated heterocycles. The lowest BCUT2D eigenvalue weighted by Gasteiger charge is -2.26. The smallest absolute Gasteiger partial charge is 0.306 e. The van der Waals surface area contributed by atoms with Crippen molar-refractivity contribution >= 4 is 11.9 Å². The number of carbonyl (C=O) groups excluding carboxylic acids is 1. The first-order chi connectivity index (χ1) is 8.65. The number of hydrogen-bond donors (Lipinski definition) is 2. The maximum atomic E-state index is 11.6. The van der Waals surface area contributed by atoms with Crippen LogP contribution in [0.2, 0.25) is 0 Å². The summed E-state index contributed by atoms with van der Waals surface area (Å²) in [5.41, 5.74) is 0. The summed E-state index contributed by atoms with van der Waals surface area (Å²) in [5.74, 6) is -0.352. The first kappa shape index (κ1) is 13.3. The number of carbonyl (C=O) groups is 2. The van der Waals surface area contributed by atoms with E-state index in [1.807, 2.05) is 0 Å². The Balaban J connectivity index is 1.58. The predicted molar refractivity (Wildman–Crippen MR) is 65.1 cm³/mol. The van der Waals surface area contributed by atoms with Gasteiger partial charge in [-0.3, -0.25) is 9.59 Å². The van der Waals surface area contributed by atoms with Crippen LogP contribution in [0.5, 0.6) is 0 Å². The Morgan fingerprint density at radius 3 is 2.33 bits per heavy atom. The van der Waals surface area contributed by atoms with Crippen molar-refractivity contribution < 1.29 is 19.4 Å². The molecule has 1 amide bonds. The number of nitrogens with one attached hydrogen (secondary N) is 1. The van der Waals surface area contributed by atoms with Crippen LogP contribution in [0.3, 0.4) is 0 Å². The van der Waals surface area contributed by atoms with Crippen molar-refractivity contribution in [1.29, 1.82) is 0 Å². The second kappa shape index (κ2) is 6.18. The van der Waals surface area contributed by atoms with Gasteiger partial charge in [0.05, 0.1) is 12.5 Å². The summed E-state index contributed by atoms with van der Waals surface area (Å²) in [6, 6.07) is 0.123. The standard InChI is InChI=1S/C13H21NO4/c15-12(8-18-7-9-1-2-9)14-11-5-3-10(4-6-11)13(16)17/h9-11H,1-8H2,(H,14,15)(H,16,17). The molecule has 2 N–H and O–H groups in total. The highest BCUT2D eigenvalue weighted by Gasteiger charge is 2.27. The van der Waals surface area contributed by atoms with Gasteiger partial charge in [0.25, 0.3) is 0 Å². The molecule has 2 fully saturated rings. The van der Waals surface area contributed by atoms with Crippen LogP contribution in [0.25, 0.3) is 0 Å². The molecule has 0 aliphatic heterocycles. The number of aliphatic carboxylic acids is 1. The third kappa shape index (κ3) is 4.29. The molecule has 0 aromatic heterocycles. The van der Waals surface area contributed by atoms with E-state index in [9.17, 15) is 9.59 Å². The monoisotopic (exact) mass is 255 g/mol. The zero-order valence-corrected chi connectivity index (χ0v) is 10.6. The molecule has 5 heteroatoms. The Bertz CT molecular complexity index is 306. The molecule has 0 radical (unpaired) electrons. The van der Waals surface area contributed by atoms with Gasteiger partial charge in [0, 0.05) is 6.04 Å². The van der Waals surface area contributed by atoms with Gasteiger partial charge in [0.15, 0.2) is 0 Å². The minimum absolute atomic E-state index is 0.0746. The van der Waals surface area contributed by atoms with Crippen molar-refractivity contribution in [3.05, 3.63) is 0 Å². The van der Waals surface area contributed by atoms with Crippen LogP contribution in [0.15, 0.2) is 0 Å². The topological polar surface area (TPSA) is 75.6 Å². The van der Waals surface area contributed by atoms with E-state index in [1.165, 1.54) is 12.8 Å². The Labute approximate surface area is 107 Å². The van der Waals surface area contributed by atoms with Crippen molar-refractivity contribution in [1.82, 2.24) is 5.32 Å². The molecule has 0 heterocycles. The van der Waals surface area contributed by atoms with Crippen LogP contribution in [-0.4, -0.2) is 36.2 Å². The van der Waals surface area contributed by atoms with Gasteiger partial charge in [-0.2, -0.15) is 0 Å². The number of amides is 1. The Morgan fingerprint density at radius 1 is 1.11 bits per heavy atom. The van der Waals surface area contributed by atoms with E-state index in [-0.39, 0.29) is 24.5 Å². The minimum atomic E-state index is -0.715. The van der Waals surface area contributed by atoms with Gasteiger partial charge in [0.2, 0.25) is 5.91 Å². The summed E-state index contributed by atoms with van der Waals surface area (Å²) in [5, 5.41) is 11.8. The van der Waals surface area contributed by atoms with E-state index in [0.717, 1.165) is 12.8 Å². The maximum absolute atomic E-state index is 11.6. The summed E-state index contributed by atoms with van der Waals surface area (Å²) in [7, 11) is 0. The van der Waals surface area contributed by atoms with E-state index in [1.54, 1.807) is 0 Å². The van der Waals surface area contributed by atoms with Gasteiger partial charge >= 0.3 is 5.97 Å². The molecular formula is C13H21NO4. The van der Waals surface area contributed by atoms with E-state index >= 15 is 0 Å².